The smallest absolute Gasteiger partial charge is 0.248 e. The van der Waals surface area contributed by atoms with Crippen molar-refractivity contribution in [2.75, 3.05) is 37.5 Å². The van der Waals surface area contributed by atoms with Crippen molar-refractivity contribution >= 4 is 35.1 Å². The molecule has 0 spiro atoms. The van der Waals surface area contributed by atoms with E-state index < -0.39 is 5.91 Å². The number of nitrogens with zero attached hydrogens (tertiary/aromatic N) is 4. The first kappa shape index (κ1) is 30.3. The molecule has 1 amide bonds. The lowest BCUT2D eigenvalue weighted by molar-refractivity contribution is 0.100. The van der Waals surface area contributed by atoms with Crippen LogP contribution in [0.4, 0.5) is 17.6 Å². The highest BCUT2D eigenvalue weighted by atomic mass is 35.5. The normalized spacial score (nSPS) is 16.6. The minimum absolute atomic E-state index is 0.0749. The lowest BCUT2D eigenvalue weighted by Gasteiger charge is -2.30. The molecule has 12 heteroatoms. The fourth-order valence-electron chi connectivity index (χ4n) is 4.98. The number of hydrogen-bond donors (Lipinski definition) is 4. The Morgan fingerprint density at radius 3 is 2.49 bits per heavy atom. The average Bonchev–Trinajstić information content (AvgIpc) is 3.67. The number of aryl methyl sites for hydroxylation is 1. The minimum Gasteiger partial charge on any atom is -0.497 e. The number of hydrogen-bond acceptors (Lipinski definition) is 10. The van der Waals surface area contributed by atoms with Crippen molar-refractivity contribution in [3.8, 4) is 11.5 Å². The summed E-state index contributed by atoms with van der Waals surface area (Å²) in [4.78, 5) is 27.2. The van der Waals surface area contributed by atoms with Gasteiger partial charge in [0.1, 0.15) is 11.5 Å². The van der Waals surface area contributed by atoms with Crippen molar-refractivity contribution in [1.29, 1.82) is 0 Å². The van der Waals surface area contributed by atoms with Gasteiger partial charge in [0.15, 0.2) is 0 Å². The lowest BCUT2D eigenvalue weighted by Crippen LogP contribution is -2.34. The molecule has 1 aliphatic heterocycles. The Kier molecular flexibility index (Phi) is 10.6. The maximum absolute atomic E-state index is 11.6. The van der Waals surface area contributed by atoms with Gasteiger partial charge in [0.2, 0.25) is 23.1 Å². The number of primary amides is 1. The van der Waals surface area contributed by atoms with Crippen molar-refractivity contribution in [2.24, 2.45) is 11.5 Å². The zero-order chi connectivity index (χ0) is 29.4. The lowest BCUT2D eigenvalue weighted by atomic mass is 10.1. The van der Waals surface area contributed by atoms with E-state index in [1.807, 2.05) is 31.2 Å². The molecular weight excluding hydrogens is 544 g/mol. The summed E-state index contributed by atoms with van der Waals surface area (Å²) < 4.78 is 11.0. The molecule has 1 saturated heterocycles. The summed E-state index contributed by atoms with van der Waals surface area (Å²) in [5.41, 5.74) is 13.9. The van der Waals surface area contributed by atoms with Crippen LogP contribution in [-0.2, 0) is 6.54 Å². The van der Waals surface area contributed by atoms with Crippen LogP contribution >= 0.6 is 11.6 Å². The third-order valence-electron chi connectivity index (χ3n) is 7.32. The molecule has 11 nitrogen and oxygen atoms in total. The number of anilines is 3. The van der Waals surface area contributed by atoms with Gasteiger partial charge in [-0.1, -0.05) is 18.9 Å². The summed E-state index contributed by atoms with van der Waals surface area (Å²) in [5, 5.41) is 6.40. The van der Waals surface area contributed by atoms with Crippen LogP contribution in [0.2, 0.25) is 5.28 Å². The van der Waals surface area contributed by atoms with Gasteiger partial charge in [-0.3, -0.25) is 4.79 Å². The molecular formula is C29H39ClN8O3. The summed E-state index contributed by atoms with van der Waals surface area (Å²) >= 11 is 6.35. The van der Waals surface area contributed by atoms with E-state index in [1.165, 1.54) is 0 Å². The topological polar surface area (TPSA) is 154 Å². The van der Waals surface area contributed by atoms with Crippen molar-refractivity contribution in [3.05, 3.63) is 58.4 Å². The molecule has 5 rings (SSSR count). The van der Waals surface area contributed by atoms with E-state index in [1.54, 1.807) is 26.4 Å². The Balaban J connectivity index is 0.000000572. The van der Waals surface area contributed by atoms with E-state index in [-0.39, 0.29) is 17.3 Å². The SMILES string of the molecule is COc1ccc(CN(c2nc(Cl)nc(Nc3cc(C(N)=O)ccc3C)n2)C2CCCC2)c(OC)c1.N[C@@H]1CCNC1. The Morgan fingerprint density at radius 1 is 1.10 bits per heavy atom. The molecule has 0 bridgehead atoms. The first-order chi connectivity index (χ1) is 19.8. The van der Waals surface area contributed by atoms with E-state index in [0.717, 1.165) is 67.8 Å². The first-order valence-electron chi connectivity index (χ1n) is 13.8. The summed E-state index contributed by atoms with van der Waals surface area (Å²) in [6.07, 6.45) is 5.50. The van der Waals surface area contributed by atoms with Crippen molar-refractivity contribution in [2.45, 2.75) is 57.7 Å². The van der Waals surface area contributed by atoms with Gasteiger partial charge in [-0.2, -0.15) is 15.0 Å². The third kappa shape index (κ3) is 8.18. The number of nitrogens with two attached hydrogens (primary N) is 2. The monoisotopic (exact) mass is 582 g/mol. The highest BCUT2D eigenvalue weighted by Crippen LogP contribution is 2.33. The van der Waals surface area contributed by atoms with E-state index in [4.69, 9.17) is 37.5 Å². The van der Waals surface area contributed by atoms with Crippen LogP contribution in [0.1, 0.15) is 53.6 Å². The number of carbonyl (C=O) groups is 1. The molecule has 3 aromatic rings. The Labute approximate surface area is 246 Å². The van der Waals surface area contributed by atoms with Crippen LogP contribution in [0, 0.1) is 6.92 Å². The zero-order valence-corrected chi connectivity index (χ0v) is 24.6. The fraction of sp³-hybridized carbons (Fsp3) is 0.448. The van der Waals surface area contributed by atoms with Crippen LogP contribution in [0.5, 0.6) is 11.5 Å². The number of methoxy groups -OCH3 is 2. The maximum atomic E-state index is 11.6. The summed E-state index contributed by atoms with van der Waals surface area (Å²) in [6.45, 7) is 4.58. The number of ether oxygens (including phenoxy) is 2. The highest BCUT2D eigenvalue weighted by molar-refractivity contribution is 6.28. The molecule has 2 heterocycles. The molecule has 2 aromatic carbocycles. The van der Waals surface area contributed by atoms with Crippen LogP contribution in [-0.4, -0.2) is 60.3 Å². The molecule has 2 fully saturated rings. The summed E-state index contributed by atoms with van der Waals surface area (Å²) in [5.74, 6) is 1.70. The second kappa shape index (κ2) is 14.3. The summed E-state index contributed by atoms with van der Waals surface area (Å²) in [7, 11) is 3.27. The van der Waals surface area contributed by atoms with Gasteiger partial charge in [0.25, 0.3) is 0 Å². The molecule has 220 valence electrons. The van der Waals surface area contributed by atoms with Crippen LogP contribution in [0.15, 0.2) is 36.4 Å². The number of rotatable bonds is 9. The number of nitrogens with one attached hydrogen (secondary N) is 2. The number of benzene rings is 2. The Morgan fingerprint density at radius 2 is 1.88 bits per heavy atom. The number of halogens is 1. The largest absolute Gasteiger partial charge is 0.497 e. The number of carbonyl (C=O) groups excluding carboxylic acids is 1. The quantitative estimate of drug-likeness (QED) is 0.291. The van der Waals surface area contributed by atoms with E-state index >= 15 is 0 Å². The Bertz CT molecular complexity index is 1330. The number of aromatic nitrogens is 3. The predicted molar refractivity (Wildman–Crippen MR) is 161 cm³/mol. The minimum atomic E-state index is -0.511. The van der Waals surface area contributed by atoms with Gasteiger partial charge in [-0.25, -0.2) is 0 Å². The standard InChI is InChI=1S/C25H29ClN6O3.C4H10N2/c1-15-8-9-16(22(27)33)12-20(15)28-24-29-23(26)30-25(31-24)32(18-6-4-5-7-18)14-17-10-11-19(34-2)13-21(17)35-3;5-4-1-2-6-3-4/h8-13,18H,4-7,14H2,1-3H3,(H2,27,33)(H,28,29,30,31);4,6H,1-3,5H2/t;4-/m.1/s1. The highest BCUT2D eigenvalue weighted by Gasteiger charge is 2.27. The Hall–Kier alpha value is -3.67. The van der Waals surface area contributed by atoms with Crippen LogP contribution in [0.25, 0.3) is 0 Å². The van der Waals surface area contributed by atoms with Crippen molar-refractivity contribution in [3.63, 3.8) is 0 Å². The van der Waals surface area contributed by atoms with E-state index in [9.17, 15) is 4.79 Å². The van der Waals surface area contributed by atoms with E-state index in [0.29, 0.717) is 29.8 Å². The predicted octanol–water partition coefficient (Wildman–Crippen LogP) is 3.95. The molecule has 0 unspecified atom stereocenters. The van der Waals surface area contributed by atoms with Gasteiger partial charge >= 0.3 is 0 Å². The number of amides is 1. The second-order valence-electron chi connectivity index (χ2n) is 10.2. The average molecular weight is 583 g/mol. The molecule has 2 aliphatic rings. The third-order valence-corrected chi connectivity index (χ3v) is 7.49. The van der Waals surface area contributed by atoms with Gasteiger partial charge in [-0.05, 0) is 74.2 Å². The zero-order valence-electron chi connectivity index (χ0n) is 23.8. The second-order valence-corrected chi connectivity index (χ2v) is 10.6. The van der Waals surface area contributed by atoms with Gasteiger partial charge < -0.3 is 36.5 Å². The van der Waals surface area contributed by atoms with Gasteiger partial charge in [0, 0.05) is 48.1 Å². The van der Waals surface area contributed by atoms with Gasteiger partial charge in [-0.15, -0.1) is 0 Å². The molecule has 1 saturated carbocycles. The fourth-order valence-corrected chi connectivity index (χ4v) is 5.13. The molecule has 1 aromatic heterocycles. The molecule has 41 heavy (non-hydrogen) atoms. The first-order valence-corrected chi connectivity index (χ1v) is 14.2. The van der Waals surface area contributed by atoms with Crippen molar-refractivity contribution in [1.82, 2.24) is 20.3 Å². The van der Waals surface area contributed by atoms with E-state index in [2.05, 4.69) is 25.5 Å². The van der Waals surface area contributed by atoms with Gasteiger partial charge in [0.05, 0.1) is 14.2 Å². The molecule has 1 atom stereocenters. The van der Waals surface area contributed by atoms with Crippen LogP contribution in [0.3, 0.4) is 0 Å². The molecule has 6 N–H and O–H groups in total. The molecule has 1 aliphatic carbocycles. The summed E-state index contributed by atoms with van der Waals surface area (Å²) in [6, 6.07) is 11.6. The molecule has 0 radical (unpaired) electrons. The van der Waals surface area contributed by atoms with Crippen LogP contribution < -0.4 is 36.5 Å². The van der Waals surface area contributed by atoms with Crippen molar-refractivity contribution < 1.29 is 14.3 Å². The maximum Gasteiger partial charge on any atom is 0.248 e.